The summed E-state index contributed by atoms with van der Waals surface area (Å²) in [4.78, 5) is 2.39. The summed E-state index contributed by atoms with van der Waals surface area (Å²) in [5, 5.41) is 2.30. The molecule has 1 aliphatic rings. The molecule has 0 spiro atoms. The second-order valence-corrected chi connectivity index (χ2v) is 17.8. The van der Waals surface area contributed by atoms with E-state index in [1.807, 2.05) is 6.07 Å². The maximum Gasteiger partial charge on any atom is 0.137 e. The third-order valence-electron chi connectivity index (χ3n) is 10.9. The molecule has 2 heteroatoms. The van der Waals surface area contributed by atoms with Gasteiger partial charge in [-0.2, -0.15) is 0 Å². The molecule has 0 saturated heterocycles. The third kappa shape index (κ3) is 6.62. The number of benzene rings is 5. The summed E-state index contributed by atoms with van der Waals surface area (Å²) in [6.07, 6.45) is 6.66. The Morgan fingerprint density at radius 1 is 0.520 bits per heavy atom. The molecule has 1 aliphatic carbocycles. The van der Waals surface area contributed by atoms with Crippen LogP contribution >= 0.6 is 0 Å². The summed E-state index contributed by atoms with van der Waals surface area (Å²) < 4.78 is 6.39. The highest BCUT2D eigenvalue weighted by Crippen LogP contribution is 2.45. The van der Waals surface area contributed by atoms with E-state index in [9.17, 15) is 0 Å². The number of hydrogen-bond acceptors (Lipinski definition) is 2. The SMILES string of the molecule is CC(C)(C)c1cc(C(C)(C)C)c(-c2ccc(N(c3ccc(C4CCCCC4)cc3)c3ccc4c(c3)oc3ccccc34)cc2)c(C(C)(C)C)c1. The van der Waals surface area contributed by atoms with Crippen LogP contribution in [0, 0.1) is 0 Å². The summed E-state index contributed by atoms with van der Waals surface area (Å²) in [6.45, 7) is 21.1. The summed E-state index contributed by atoms with van der Waals surface area (Å²) in [5.41, 5.74) is 13.6. The van der Waals surface area contributed by atoms with Gasteiger partial charge < -0.3 is 9.32 Å². The first-order chi connectivity index (χ1) is 23.7. The second kappa shape index (κ2) is 12.8. The first-order valence-electron chi connectivity index (χ1n) is 18.8. The predicted octanol–water partition coefficient (Wildman–Crippen LogP) is 14.7. The molecule has 5 aromatic carbocycles. The second-order valence-electron chi connectivity index (χ2n) is 17.8. The van der Waals surface area contributed by atoms with Crippen LogP contribution in [0.1, 0.15) is 123 Å². The fourth-order valence-electron chi connectivity index (χ4n) is 7.98. The maximum atomic E-state index is 6.39. The Morgan fingerprint density at radius 2 is 1.06 bits per heavy atom. The van der Waals surface area contributed by atoms with E-state index in [1.165, 1.54) is 65.5 Å². The third-order valence-corrected chi connectivity index (χ3v) is 10.9. The molecule has 1 heterocycles. The maximum absolute atomic E-state index is 6.39. The molecule has 0 N–H and O–H groups in total. The van der Waals surface area contributed by atoms with Gasteiger partial charge in [-0.1, -0.05) is 136 Å². The molecule has 0 bridgehead atoms. The van der Waals surface area contributed by atoms with Gasteiger partial charge in [0, 0.05) is 33.9 Å². The van der Waals surface area contributed by atoms with Gasteiger partial charge in [0.05, 0.1) is 0 Å². The predicted molar refractivity (Wildman–Crippen MR) is 216 cm³/mol. The van der Waals surface area contributed by atoms with Crippen LogP contribution in [0.2, 0.25) is 0 Å². The molecule has 6 aromatic rings. The van der Waals surface area contributed by atoms with E-state index >= 15 is 0 Å². The number of furan rings is 1. The van der Waals surface area contributed by atoms with E-state index in [0.29, 0.717) is 5.92 Å². The monoisotopic (exact) mass is 661 g/mol. The normalized spacial score (nSPS) is 14.8. The van der Waals surface area contributed by atoms with Crippen LogP contribution in [0.15, 0.2) is 108 Å². The fraction of sp³-hybridized carbons (Fsp3) is 0.375. The molecule has 1 saturated carbocycles. The van der Waals surface area contributed by atoms with Crippen LogP contribution in [0.25, 0.3) is 33.1 Å². The molecule has 1 aromatic heterocycles. The van der Waals surface area contributed by atoms with Crippen molar-refractivity contribution in [2.24, 2.45) is 0 Å². The van der Waals surface area contributed by atoms with Gasteiger partial charge in [0.1, 0.15) is 11.2 Å². The van der Waals surface area contributed by atoms with E-state index < -0.39 is 0 Å². The van der Waals surface area contributed by atoms with Crippen molar-refractivity contribution >= 4 is 39.0 Å². The van der Waals surface area contributed by atoms with Crippen molar-refractivity contribution in [3.8, 4) is 11.1 Å². The van der Waals surface area contributed by atoms with Crippen LogP contribution in [0.3, 0.4) is 0 Å². The van der Waals surface area contributed by atoms with Crippen LogP contribution in [-0.4, -0.2) is 0 Å². The minimum Gasteiger partial charge on any atom is -0.456 e. The zero-order chi connectivity index (χ0) is 35.4. The summed E-state index contributed by atoms with van der Waals surface area (Å²) in [7, 11) is 0. The number of nitrogens with zero attached hydrogens (tertiary/aromatic N) is 1. The van der Waals surface area contributed by atoms with Crippen molar-refractivity contribution in [2.45, 2.75) is 117 Å². The molecule has 0 radical (unpaired) electrons. The molecule has 7 rings (SSSR count). The van der Waals surface area contributed by atoms with Crippen molar-refractivity contribution in [1.82, 2.24) is 0 Å². The van der Waals surface area contributed by atoms with Gasteiger partial charge >= 0.3 is 0 Å². The molecule has 258 valence electrons. The lowest BCUT2D eigenvalue weighted by Gasteiger charge is -2.34. The van der Waals surface area contributed by atoms with Crippen molar-refractivity contribution in [2.75, 3.05) is 4.90 Å². The first-order valence-corrected chi connectivity index (χ1v) is 18.8. The molecular formula is C48H55NO. The zero-order valence-electron chi connectivity index (χ0n) is 31.8. The number of rotatable bonds is 5. The lowest BCUT2D eigenvalue weighted by molar-refractivity contribution is 0.443. The van der Waals surface area contributed by atoms with Gasteiger partial charge in [-0.05, 0) is 111 Å². The van der Waals surface area contributed by atoms with Gasteiger partial charge in [-0.15, -0.1) is 0 Å². The number of fused-ring (bicyclic) bond motifs is 3. The Labute approximate surface area is 300 Å². The summed E-state index contributed by atoms with van der Waals surface area (Å²) in [6, 6.07) is 38.6. The van der Waals surface area contributed by atoms with Crippen LogP contribution < -0.4 is 4.90 Å². The lowest BCUT2D eigenvalue weighted by atomic mass is 9.71. The van der Waals surface area contributed by atoms with E-state index in [-0.39, 0.29) is 16.2 Å². The Morgan fingerprint density at radius 3 is 1.64 bits per heavy atom. The minimum absolute atomic E-state index is 0.0105. The summed E-state index contributed by atoms with van der Waals surface area (Å²) >= 11 is 0. The number of para-hydroxylation sites is 1. The quantitative estimate of drug-likeness (QED) is 0.183. The fourth-order valence-corrected chi connectivity index (χ4v) is 7.98. The number of anilines is 3. The molecule has 0 amide bonds. The highest BCUT2D eigenvalue weighted by Gasteiger charge is 2.30. The van der Waals surface area contributed by atoms with Gasteiger partial charge in [-0.3, -0.25) is 0 Å². The van der Waals surface area contributed by atoms with E-state index in [1.54, 1.807) is 0 Å². The standard InChI is InChI=1S/C48H55NO/c1-46(2,3)35-29-41(47(4,5)6)45(42(30-35)48(7,8)9)34-21-25-37(26-22-34)49(36-23-19-33(20-24-36)32-15-11-10-12-16-32)38-27-28-40-39-17-13-14-18-43(39)50-44(40)31-38/h13-14,17-32H,10-12,15-16H2,1-9H3. The average Bonchev–Trinajstić information content (AvgIpc) is 3.46. The van der Waals surface area contributed by atoms with Crippen LogP contribution in [0.5, 0.6) is 0 Å². The molecule has 2 nitrogen and oxygen atoms in total. The average molecular weight is 662 g/mol. The highest BCUT2D eigenvalue weighted by molar-refractivity contribution is 6.06. The van der Waals surface area contributed by atoms with Gasteiger partial charge in [0.2, 0.25) is 0 Å². The Kier molecular flexibility index (Phi) is 8.74. The zero-order valence-corrected chi connectivity index (χ0v) is 31.8. The smallest absolute Gasteiger partial charge is 0.137 e. The van der Waals surface area contributed by atoms with Crippen LogP contribution in [-0.2, 0) is 16.2 Å². The van der Waals surface area contributed by atoms with Gasteiger partial charge in [-0.25, -0.2) is 0 Å². The Hall–Kier alpha value is -4.30. The molecule has 1 fully saturated rings. The van der Waals surface area contributed by atoms with Crippen molar-refractivity contribution in [1.29, 1.82) is 0 Å². The summed E-state index contributed by atoms with van der Waals surface area (Å²) in [5.74, 6) is 0.677. The largest absolute Gasteiger partial charge is 0.456 e. The van der Waals surface area contributed by atoms with Crippen molar-refractivity contribution in [3.63, 3.8) is 0 Å². The van der Waals surface area contributed by atoms with Crippen LogP contribution in [0.4, 0.5) is 17.1 Å². The molecular weight excluding hydrogens is 607 g/mol. The van der Waals surface area contributed by atoms with E-state index in [2.05, 4.69) is 164 Å². The van der Waals surface area contributed by atoms with Gasteiger partial charge in [0.25, 0.3) is 0 Å². The first kappa shape index (κ1) is 34.2. The molecule has 50 heavy (non-hydrogen) atoms. The van der Waals surface area contributed by atoms with Crippen molar-refractivity contribution < 1.29 is 4.42 Å². The minimum atomic E-state index is -0.0105. The Bertz CT molecular complexity index is 2080. The molecule has 0 unspecified atom stereocenters. The molecule has 0 atom stereocenters. The lowest BCUT2D eigenvalue weighted by Crippen LogP contribution is -2.23. The van der Waals surface area contributed by atoms with E-state index in [4.69, 9.17) is 4.42 Å². The molecule has 0 aliphatic heterocycles. The van der Waals surface area contributed by atoms with Crippen molar-refractivity contribution in [3.05, 3.63) is 125 Å². The van der Waals surface area contributed by atoms with E-state index in [0.717, 1.165) is 39.0 Å². The highest BCUT2D eigenvalue weighted by atomic mass is 16.3. The number of hydrogen-bond donors (Lipinski definition) is 0. The van der Waals surface area contributed by atoms with Gasteiger partial charge in [0.15, 0.2) is 0 Å². The topological polar surface area (TPSA) is 16.4 Å². The Balaban J connectivity index is 1.36.